The molecule has 3 aromatic rings. The summed E-state index contributed by atoms with van der Waals surface area (Å²) in [6, 6.07) is 20.5. The van der Waals surface area contributed by atoms with Crippen LogP contribution in [0.4, 0.5) is 10.1 Å². The fourth-order valence-corrected chi connectivity index (χ4v) is 4.37. The molecular formula is C22H21FN2O3S. The van der Waals surface area contributed by atoms with Gasteiger partial charge in [0.1, 0.15) is 5.82 Å². The first-order chi connectivity index (χ1) is 13.9. The first kappa shape index (κ1) is 20.5. The second-order valence-electron chi connectivity index (χ2n) is 6.34. The minimum absolute atomic E-state index is 0.211. The molecule has 7 heteroatoms. The monoisotopic (exact) mass is 412 g/mol. The SMILES string of the molecule is CCN(c1ccc(C(=O)NCc2ccc(F)cc2)cc1)S(=O)(=O)c1ccccc1. The second-order valence-corrected chi connectivity index (χ2v) is 8.20. The molecule has 5 nitrogen and oxygen atoms in total. The van der Waals surface area contributed by atoms with Crippen molar-refractivity contribution in [1.82, 2.24) is 5.32 Å². The summed E-state index contributed by atoms with van der Waals surface area (Å²) in [4.78, 5) is 12.5. The van der Waals surface area contributed by atoms with E-state index in [1.807, 2.05) is 0 Å². The number of carbonyl (C=O) groups is 1. The number of sulfonamides is 1. The van der Waals surface area contributed by atoms with Gasteiger partial charge in [0, 0.05) is 18.7 Å². The zero-order valence-electron chi connectivity index (χ0n) is 15.9. The van der Waals surface area contributed by atoms with Gasteiger partial charge in [0.2, 0.25) is 0 Å². The molecule has 0 spiro atoms. The van der Waals surface area contributed by atoms with Crippen molar-refractivity contribution < 1.29 is 17.6 Å². The van der Waals surface area contributed by atoms with Gasteiger partial charge < -0.3 is 5.32 Å². The number of halogens is 1. The molecule has 0 aliphatic heterocycles. The number of rotatable bonds is 7. The Morgan fingerprint density at radius 1 is 0.931 bits per heavy atom. The van der Waals surface area contributed by atoms with Crippen LogP contribution in [-0.2, 0) is 16.6 Å². The van der Waals surface area contributed by atoms with Crippen LogP contribution < -0.4 is 9.62 Å². The van der Waals surface area contributed by atoms with Crippen LogP contribution in [0.3, 0.4) is 0 Å². The summed E-state index contributed by atoms with van der Waals surface area (Å²) in [5.74, 6) is -0.628. The number of nitrogens with zero attached hydrogens (tertiary/aromatic N) is 1. The maximum atomic E-state index is 12.9. The van der Waals surface area contributed by atoms with Gasteiger partial charge in [0.15, 0.2) is 0 Å². The molecule has 0 aromatic heterocycles. The van der Waals surface area contributed by atoms with Crippen LogP contribution in [0.15, 0.2) is 83.8 Å². The Hall–Kier alpha value is -3.19. The fraction of sp³-hybridized carbons (Fsp3) is 0.136. The number of hydrogen-bond acceptors (Lipinski definition) is 3. The van der Waals surface area contributed by atoms with Crippen molar-refractivity contribution in [3.8, 4) is 0 Å². The molecule has 0 atom stereocenters. The quantitative estimate of drug-likeness (QED) is 0.639. The molecule has 1 N–H and O–H groups in total. The Kier molecular flexibility index (Phi) is 6.29. The van der Waals surface area contributed by atoms with Gasteiger partial charge in [-0.05, 0) is 61.0 Å². The average Bonchev–Trinajstić information content (AvgIpc) is 2.74. The minimum atomic E-state index is -3.68. The van der Waals surface area contributed by atoms with E-state index in [-0.39, 0.29) is 29.7 Å². The third-order valence-electron chi connectivity index (χ3n) is 4.40. The maximum Gasteiger partial charge on any atom is 0.264 e. The molecular weight excluding hydrogens is 391 g/mol. The topological polar surface area (TPSA) is 66.5 Å². The van der Waals surface area contributed by atoms with Crippen LogP contribution in [0.1, 0.15) is 22.8 Å². The summed E-state index contributed by atoms with van der Waals surface area (Å²) in [5.41, 5.74) is 1.66. The Bertz CT molecular complexity index is 1070. The molecule has 0 aliphatic rings. The molecule has 0 aliphatic carbocycles. The predicted octanol–water partition coefficient (Wildman–Crippen LogP) is 3.97. The zero-order chi connectivity index (χ0) is 20.9. The summed E-state index contributed by atoms with van der Waals surface area (Å²) in [7, 11) is -3.68. The van der Waals surface area contributed by atoms with E-state index in [1.54, 1.807) is 73.7 Å². The number of carbonyl (C=O) groups excluding carboxylic acids is 1. The van der Waals surface area contributed by atoms with Crippen LogP contribution in [0.25, 0.3) is 0 Å². The summed E-state index contributed by atoms with van der Waals surface area (Å²) in [5, 5.41) is 2.76. The molecule has 0 saturated carbocycles. The fourth-order valence-electron chi connectivity index (χ4n) is 2.88. The van der Waals surface area contributed by atoms with Crippen LogP contribution in [0.5, 0.6) is 0 Å². The lowest BCUT2D eigenvalue weighted by atomic mass is 10.1. The second kappa shape index (κ2) is 8.87. The lowest BCUT2D eigenvalue weighted by molar-refractivity contribution is 0.0951. The average molecular weight is 412 g/mol. The summed E-state index contributed by atoms with van der Waals surface area (Å²) >= 11 is 0. The van der Waals surface area contributed by atoms with Crippen molar-refractivity contribution in [2.24, 2.45) is 0 Å². The molecule has 29 heavy (non-hydrogen) atoms. The van der Waals surface area contributed by atoms with Crippen LogP contribution in [0, 0.1) is 5.82 Å². The predicted molar refractivity (Wildman–Crippen MR) is 111 cm³/mol. The first-order valence-corrected chi connectivity index (χ1v) is 10.6. The van der Waals surface area contributed by atoms with Gasteiger partial charge in [-0.2, -0.15) is 0 Å². The minimum Gasteiger partial charge on any atom is -0.348 e. The van der Waals surface area contributed by atoms with Crippen molar-refractivity contribution in [3.05, 3.63) is 95.8 Å². The van der Waals surface area contributed by atoms with E-state index in [1.165, 1.54) is 16.4 Å². The molecule has 0 heterocycles. The third-order valence-corrected chi connectivity index (χ3v) is 6.32. The van der Waals surface area contributed by atoms with Gasteiger partial charge in [-0.3, -0.25) is 9.10 Å². The van der Waals surface area contributed by atoms with Crippen molar-refractivity contribution in [3.63, 3.8) is 0 Å². The number of anilines is 1. The molecule has 1 amide bonds. The standard InChI is InChI=1S/C22H21FN2O3S/c1-2-25(29(27,28)21-6-4-3-5-7-21)20-14-10-18(11-15-20)22(26)24-16-17-8-12-19(23)13-9-17/h3-15H,2,16H2,1H3,(H,24,26). The van der Waals surface area contributed by atoms with E-state index in [0.29, 0.717) is 11.3 Å². The van der Waals surface area contributed by atoms with Gasteiger partial charge in [-0.25, -0.2) is 12.8 Å². The van der Waals surface area contributed by atoms with Gasteiger partial charge in [-0.1, -0.05) is 30.3 Å². The van der Waals surface area contributed by atoms with Crippen LogP contribution in [0.2, 0.25) is 0 Å². The highest BCUT2D eigenvalue weighted by molar-refractivity contribution is 7.92. The first-order valence-electron chi connectivity index (χ1n) is 9.12. The lowest BCUT2D eigenvalue weighted by Crippen LogP contribution is -2.30. The summed E-state index contributed by atoms with van der Waals surface area (Å²) in [6.45, 7) is 2.28. The van der Waals surface area contributed by atoms with E-state index in [2.05, 4.69) is 5.32 Å². The van der Waals surface area contributed by atoms with Crippen molar-refractivity contribution >= 4 is 21.6 Å². The molecule has 0 fully saturated rings. The highest BCUT2D eigenvalue weighted by atomic mass is 32.2. The van der Waals surface area contributed by atoms with E-state index < -0.39 is 10.0 Å². The van der Waals surface area contributed by atoms with Crippen molar-refractivity contribution in [2.75, 3.05) is 10.8 Å². The van der Waals surface area contributed by atoms with Crippen molar-refractivity contribution in [1.29, 1.82) is 0 Å². The van der Waals surface area contributed by atoms with E-state index in [0.717, 1.165) is 5.56 Å². The molecule has 0 bridgehead atoms. The van der Waals surface area contributed by atoms with Gasteiger partial charge in [-0.15, -0.1) is 0 Å². The lowest BCUT2D eigenvalue weighted by Gasteiger charge is -2.23. The van der Waals surface area contributed by atoms with E-state index in [9.17, 15) is 17.6 Å². The Morgan fingerprint density at radius 3 is 2.14 bits per heavy atom. The van der Waals surface area contributed by atoms with Crippen LogP contribution >= 0.6 is 0 Å². The highest BCUT2D eigenvalue weighted by Crippen LogP contribution is 2.23. The summed E-state index contributed by atoms with van der Waals surface area (Å²) in [6.07, 6.45) is 0. The number of benzene rings is 3. The Morgan fingerprint density at radius 2 is 1.55 bits per heavy atom. The molecule has 0 unspecified atom stereocenters. The smallest absolute Gasteiger partial charge is 0.264 e. The highest BCUT2D eigenvalue weighted by Gasteiger charge is 2.23. The third kappa shape index (κ3) is 4.81. The maximum absolute atomic E-state index is 12.9. The van der Waals surface area contributed by atoms with E-state index in [4.69, 9.17) is 0 Å². The Balaban J connectivity index is 1.72. The van der Waals surface area contributed by atoms with Gasteiger partial charge in [0.05, 0.1) is 10.6 Å². The molecule has 0 saturated heterocycles. The molecule has 3 aromatic carbocycles. The van der Waals surface area contributed by atoms with Gasteiger partial charge in [0.25, 0.3) is 15.9 Å². The summed E-state index contributed by atoms with van der Waals surface area (Å²) < 4.78 is 40.0. The van der Waals surface area contributed by atoms with Gasteiger partial charge >= 0.3 is 0 Å². The van der Waals surface area contributed by atoms with Crippen molar-refractivity contribution in [2.45, 2.75) is 18.4 Å². The number of hydrogen-bond donors (Lipinski definition) is 1. The zero-order valence-corrected chi connectivity index (χ0v) is 16.7. The largest absolute Gasteiger partial charge is 0.348 e. The number of amides is 1. The van der Waals surface area contributed by atoms with E-state index >= 15 is 0 Å². The Labute approximate surface area is 169 Å². The molecule has 150 valence electrons. The molecule has 3 rings (SSSR count). The normalized spacial score (nSPS) is 11.1. The number of nitrogens with one attached hydrogen (secondary N) is 1. The van der Waals surface area contributed by atoms with Crippen LogP contribution in [-0.4, -0.2) is 20.9 Å². The molecule has 0 radical (unpaired) electrons.